The van der Waals surface area contributed by atoms with Crippen molar-refractivity contribution < 1.29 is 76.5 Å². The summed E-state index contributed by atoms with van der Waals surface area (Å²) in [5.74, 6) is -10.8. The maximum Gasteiger partial charge on any atom is 0.410 e. The molecule has 1 aliphatic heterocycles. The molecular formula is C51H84N8O16. The molecule has 1 fully saturated rings. The fourth-order valence-corrected chi connectivity index (χ4v) is 7.28. The maximum absolute atomic E-state index is 14.7. The number of nitrogens with one attached hydrogen (secondary N) is 6. The molecule has 6 N–H and O–H groups in total. The molecule has 1 aliphatic rings. The maximum atomic E-state index is 14.7. The normalized spacial score (nSPS) is 15.9. The predicted octanol–water partition coefficient (Wildman–Crippen LogP) is 1.65. The van der Waals surface area contributed by atoms with Crippen LogP contribution in [0.1, 0.15) is 142 Å². The molecule has 75 heavy (non-hydrogen) atoms. The lowest BCUT2D eigenvalue weighted by molar-refractivity contribution is -0.156. The molecule has 0 spiro atoms. The molecule has 424 valence electrons. The fraction of sp³-hybridized carbons (Fsp3) is 0.725. The van der Waals surface area contributed by atoms with E-state index in [0.29, 0.717) is 6.42 Å². The van der Waals surface area contributed by atoms with E-state index in [1.54, 1.807) is 96.9 Å². The first-order valence-corrected chi connectivity index (χ1v) is 25.3. The molecule has 6 atom stereocenters. The molecule has 0 bridgehead atoms. The van der Waals surface area contributed by atoms with E-state index in [1.165, 1.54) is 11.0 Å². The second kappa shape index (κ2) is 30.1. The Hall–Kier alpha value is -6.62. The third kappa shape index (κ3) is 25.0. The van der Waals surface area contributed by atoms with Crippen molar-refractivity contribution in [2.75, 3.05) is 32.8 Å². The van der Waals surface area contributed by atoms with Crippen LogP contribution >= 0.6 is 0 Å². The summed E-state index contributed by atoms with van der Waals surface area (Å²) in [6, 6.07) is -8.51. The third-order valence-electron chi connectivity index (χ3n) is 10.7. The lowest BCUT2D eigenvalue weighted by atomic mass is 9.97. The summed E-state index contributed by atoms with van der Waals surface area (Å²) in [7, 11) is 0. The molecule has 0 saturated carbocycles. The van der Waals surface area contributed by atoms with Crippen LogP contribution < -0.4 is 31.9 Å². The van der Waals surface area contributed by atoms with E-state index < -0.39 is 149 Å². The smallest absolute Gasteiger partial charge is 0.410 e. The summed E-state index contributed by atoms with van der Waals surface area (Å²) in [5.41, 5.74) is -2.66. The number of ketones is 1. The largest absolute Gasteiger partial charge is 0.460 e. The molecule has 0 aromatic rings. The van der Waals surface area contributed by atoms with E-state index in [0.717, 1.165) is 11.8 Å². The molecule has 24 nitrogen and oxygen atoms in total. The molecule has 0 aromatic carbocycles. The zero-order valence-electron chi connectivity index (χ0n) is 46.6. The number of nitrogens with zero attached hydrogens (tertiary/aromatic N) is 2. The predicted molar refractivity (Wildman–Crippen MR) is 273 cm³/mol. The van der Waals surface area contributed by atoms with Crippen LogP contribution in [0.15, 0.2) is 12.7 Å². The second-order valence-electron chi connectivity index (χ2n) is 21.9. The number of rotatable bonds is 26. The summed E-state index contributed by atoms with van der Waals surface area (Å²) in [6.45, 7) is 26.0. The number of amides is 8. The van der Waals surface area contributed by atoms with Gasteiger partial charge in [-0.15, -0.1) is 0 Å². The molecule has 0 aromatic heterocycles. The van der Waals surface area contributed by atoms with Crippen molar-refractivity contribution in [1.82, 2.24) is 41.7 Å². The highest BCUT2D eigenvalue weighted by molar-refractivity contribution is 6.38. The lowest BCUT2D eigenvalue weighted by Gasteiger charge is -2.42. The first kappa shape index (κ1) is 66.4. The van der Waals surface area contributed by atoms with Gasteiger partial charge in [0.05, 0.1) is 12.6 Å². The van der Waals surface area contributed by atoms with Gasteiger partial charge in [0.15, 0.2) is 0 Å². The van der Waals surface area contributed by atoms with Crippen molar-refractivity contribution in [3.63, 3.8) is 0 Å². The molecule has 6 unspecified atom stereocenters. The minimum Gasteiger partial charge on any atom is -0.460 e. The Bertz CT molecular complexity index is 2070. The van der Waals surface area contributed by atoms with Gasteiger partial charge in [0, 0.05) is 32.9 Å². The van der Waals surface area contributed by atoms with Crippen LogP contribution in [-0.2, 0) is 71.7 Å². The molecule has 1 heterocycles. The fourth-order valence-electron chi connectivity index (χ4n) is 7.28. The molecule has 1 rings (SSSR count). The summed E-state index contributed by atoms with van der Waals surface area (Å²) in [5, 5.41) is 15.1. The minimum absolute atomic E-state index is 0.0299. The first-order chi connectivity index (χ1) is 34.5. The zero-order chi connectivity index (χ0) is 57.8. The Kier molecular flexibility index (Phi) is 26.6. The van der Waals surface area contributed by atoms with Crippen LogP contribution in [-0.4, -0.2) is 167 Å². The number of carbonyl (C=O) groups is 12. The van der Waals surface area contributed by atoms with E-state index in [4.69, 9.17) is 18.9 Å². The lowest BCUT2D eigenvalue weighted by Crippen LogP contribution is -2.67. The third-order valence-corrected chi connectivity index (χ3v) is 10.7. The van der Waals surface area contributed by atoms with Gasteiger partial charge in [-0.2, -0.15) is 0 Å². The van der Waals surface area contributed by atoms with Crippen LogP contribution in [0.2, 0.25) is 0 Å². The molecule has 0 aliphatic carbocycles. The monoisotopic (exact) mass is 1060 g/mol. The number of piperazine rings is 1. The van der Waals surface area contributed by atoms with Crippen molar-refractivity contribution in [2.45, 2.75) is 195 Å². The van der Waals surface area contributed by atoms with Crippen molar-refractivity contribution >= 4 is 71.1 Å². The van der Waals surface area contributed by atoms with Gasteiger partial charge in [-0.3, -0.25) is 52.7 Å². The van der Waals surface area contributed by atoms with Gasteiger partial charge in [-0.05, 0) is 93.4 Å². The van der Waals surface area contributed by atoms with E-state index >= 15 is 0 Å². The Morgan fingerprint density at radius 2 is 1.11 bits per heavy atom. The number of carbonyl (C=O) groups excluding carboxylic acids is 12. The summed E-state index contributed by atoms with van der Waals surface area (Å²) in [4.78, 5) is 163. The Morgan fingerprint density at radius 1 is 0.613 bits per heavy atom. The van der Waals surface area contributed by atoms with Crippen LogP contribution in [0.4, 0.5) is 4.79 Å². The van der Waals surface area contributed by atoms with Gasteiger partial charge >= 0.3 is 24.0 Å². The molecule has 24 heteroatoms. The highest BCUT2D eigenvalue weighted by Crippen LogP contribution is 2.20. The van der Waals surface area contributed by atoms with E-state index in [9.17, 15) is 57.5 Å². The summed E-state index contributed by atoms with van der Waals surface area (Å²) < 4.78 is 21.1. The number of ether oxygens (including phenoxy) is 4. The zero-order valence-corrected chi connectivity index (χ0v) is 46.6. The summed E-state index contributed by atoms with van der Waals surface area (Å²) in [6.07, 6.45) is -0.405. The van der Waals surface area contributed by atoms with Crippen molar-refractivity contribution in [3.8, 4) is 0 Å². The van der Waals surface area contributed by atoms with Crippen molar-refractivity contribution in [3.05, 3.63) is 12.7 Å². The van der Waals surface area contributed by atoms with Crippen LogP contribution in [0.5, 0.6) is 0 Å². The molecular weight excluding hydrogens is 981 g/mol. The quantitative estimate of drug-likeness (QED) is 0.0311. The van der Waals surface area contributed by atoms with E-state index in [2.05, 4.69) is 38.5 Å². The standard InChI is InChI=1S/C51H84N8O16/c1-17-19-32(41(64)46(69)52-27-38(63)72-26-18-2)54-44(67)35-28-58(48(71)75-51(14,15)16)24-25-59(35)47(70)40(30(5)6)57-45(68)39(29(3)4)56-43(66)34(21-23-37(62)74-50(11,12)13)55-42(65)33(53-31(7)60)20-22-36(61)73-49(8,9)10/h18,29-30,32-35,39-40H,2,17,19-28H2,1,3-16H3,(H,52,69)(H,53,60)(H,54,67)(H,55,65)(H,56,66)(H,57,68). The minimum atomic E-state index is -1.51. The van der Waals surface area contributed by atoms with Gasteiger partial charge in [0.25, 0.3) is 5.91 Å². The highest BCUT2D eigenvalue weighted by atomic mass is 16.6. The summed E-state index contributed by atoms with van der Waals surface area (Å²) >= 11 is 0. The Morgan fingerprint density at radius 3 is 1.57 bits per heavy atom. The average molecular weight is 1070 g/mol. The number of Topliss-reactive ketones (excluding diaryl/α,β-unsaturated/α-hetero) is 1. The van der Waals surface area contributed by atoms with E-state index in [1.807, 2.05) is 0 Å². The van der Waals surface area contributed by atoms with Crippen molar-refractivity contribution in [1.29, 1.82) is 0 Å². The second-order valence-corrected chi connectivity index (χ2v) is 21.9. The van der Waals surface area contributed by atoms with Crippen molar-refractivity contribution in [2.24, 2.45) is 11.8 Å². The van der Waals surface area contributed by atoms with Gasteiger partial charge in [0.1, 0.15) is 60.2 Å². The Balaban J connectivity index is 3.62. The van der Waals surface area contributed by atoms with Gasteiger partial charge in [-0.25, -0.2) is 4.79 Å². The SMILES string of the molecule is C=CCOC(=O)CNC(=O)C(=O)C(CCC)NC(=O)C1CN(C(=O)OC(C)(C)C)CCN1C(=O)C(NC(=O)C(NC(=O)C(CCC(=O)OC(C)(C)C)NC(=O)C(CCC(=O)OC(C)(C)C)NC(C)=O)C(C)C)C(C)C. The van der Waals surface area contributed by atoms with Gasteiger partial charge in [0.2, 0.25) is 41.2 Å². The van der Waals surface area contributed by atoms with Gasteiger partial charge < -0.3 is 60.6 Å². The number of esters is 3. The Labute approximate surface area is 441 Å². The molecule has 8 amide bonds. The van der Waals surface area contributed by atoms with E-state index in [-0.39, 0.29) is 51.8 Å². The van der Waals surface area contributed by atoms with Gasteiger partial charge in [-0.1, -0.05) is 53.7 Å². The molecule has 0 radical (unpaired) electrons. The average Bonchev–Trinajstić information content (AvgIpc) is 3.27. The highest BCUT2D eigenvalue weighted by Gasteiger charge is 2.43. The topological polar surface area (TPSA) is 320 Å². The van der Waals surface area contributed by atoms with Crippen LogP contribution in [0.3, 0.4) is 0 Å². The number of hydrogen-bond donors (Lipinski definition) is 6. The van der Waals surface area contributed by atoms with Crippen LogP contribution in [0, 0.1) is 11.8 Å². The van der Waals surface area contributed by atoms with Crippen LogP contribution in [0.25, 0.3) is 0 Å². The molecule has 1 saturated heterocycles. The number of hydrogen-bond acceptors (Lipinski definition) is 16. The first-order valence-electron chi connectivity index (χ1n) is 25.3.